The average molecular weight is 274 g/mol. The molecular formula is C16H22N2O2. The first-order valence-electron chi connectivity index (χ1n) is 7.50. The fraction of sp³-hybridized carbons (Fsp3) is 0.562. The van der Waals surface area contributed by atoms with Crippen LogP contribution < -0.4 is 0 Å². The Morgan fingerprint density at radius 1 is 1.35 bits per heavy atom. The first-order chi connectivity index (χ1) is 9.79. The second-order valence-electron chi connectivity index (χ2n) is 5.50. The van der Waals surface area contributed by atoms with Crippen LogP contribution in [0, 0.1) is 5.92 Å². The van der Waals surface area contributed by atoms with E-state index < -0.39 is 0 Å². The van der Waals surface area contributed by atoms with Gasteiger partial charge in [0.2, 0.25) is 0 Å². The minimum atomic E-state index is -0.317. The number of aryl methyl sites for hydroxylation is 1. The van der Waals surface area contributed by atoms with E-state index in [0.717, 1.165) is 43.8 Å². The van der Waals surface area contributed by atoms with E-state index in [4.69, 9.17) is 4.74 Å². The molecule has 1 saturated heterocycles. The zero-order chi connectivity index (χ0) is 13.9. The lowest BCUT2D eigenvalue weighted by atomic mass is 9.91. The number of benzene rings is 1. The van der Waals surface area contributed by atoms with Gasteiger partial charge in [-0.1, -0.05) is 18.2 Å². The van der Waals surface area contributed by atoms with E-state index >= 15 is 0 Å². The Kier molecular flexibility index (Phi) is 4.03. The summed E-state index contributed by atoms with van der Waals surface area (Å²) >= 11 is 0. The maximum absolute atomic E-state index is 10.5. The van der Waals surface area contributed by atoms with E-state index in [1.54, 1.807) is 0 Å². The monoisotopic (exact) mass is 274 g/mol. The van der Waals surface area contributed by atoms with Crippen LogP contribution in [-0.4, -0.2) is 34.2 Å². The van der Waals surface area contributed by atoms with E-state index in [0.29, 0.717) is 12.3 Å². The predicted molar refractivity (Wildman–Crippen MR) is 78.7 cm³/mol. The smallest absolute Gasteiger partial charge is 0.0729 e. The van der Waals surface area contributed by atoms with Crippen LogP contribution in [0.4, 0.5) is 0 Å². The van der Waals surface area contributed by atoms with Crippen molar-refractivity contribution in [1.82, 2.24) is 9.78 Å². The number of para-hydroxylation sites is 1. The highest BCUT2D eigenvalue weighted by molar-refractivity contribution is 5.82. The van der Waals surface area contributed by atoms with Crippen LogP contribution in [0.1, 0.15) is 25.5 Å². The standard InChI is InChI=1S/C16H22N2O2/c1-2-18-15-6-4-3-5-13(15)14(17-18)11-16(19)12-7-9-20-10-8-12/h3-6,12,16,19H,2,7-11H2,1H3. The number of hydrogen-bond acceptors (Lipinski definition) is 3. The lowest BCUT2D eigenvalue weighted by Gasteiger charge is -2.26. The Morgan fingerprint density at radius 3 is 2.85 bits per heavy atom. The van der Waals surface area contributed by atoms with E-state index in [1.807, 2.05) is 16.8 Å². The van der Waals surface area contributed by atoms with Crippen molar-refractivity contribution in [3.05, 3.63) is 30.0 Å². The molecule has 4 heteroatoms. The number of fused-ring (bicyclic) bond motifs is 1. The highest BCUT2D eigenvalue weighted by Gasteiger charge is 2.24. The van der Waals surface area contributed by atoms with Crippen LogP contribution in [0.3, 0.4) is 0 Å². The van der Waals surface area contributed by atoms with Crippen molar-refractivity contribution in [3.8, 4) is 0 Å². The Morgan fingerprint density at radius 2 is 2.10 bits per heavy atom. The highest BCUT2D eigenvalue weighted by Crippen LogP contribution is 2.25. The quantitative estimate of drug-likeness (QED) is 0.931. The molecule has 1 fully saturated rings. The summed E-state index contributed by atoms with van der Waals surface area (Å²) < 4.78 is 7.38. The largest absolute Gasteiger partial charge is 0.392 e. The van der Waals surface area contributed by atoms with Gasteiger partial charge in [0.15, 0.2) is 0 Å². The number of ether oxygens (including phenoxy) is 1. The van der Waals surface area contributed by atoms with Crippen molar-refractivity contribution in [1.29, 1.82) is 0 Å². The van der Waals surface area contributed by atoms with Gasteiger partial charge in [0.1, 0.15) is 0 Å². The van der Waals surface area contributed by atoms with Gasteiger partial charge in [0.25, 0.3) is 0 Å². The maximum Gasteiger partial charge on any atom is 0.0729 e. The maximum atomic E-state index is 10.5. The van der Waals surface area contributed by atoms with E-state index in [-0.39, 0.29) is 6.10 Å². The van der Waals surface area contributed by atoms with E-state index in [9.17, 15) is 5.11 Å². The van der Waals surface area contributed by atoms with Crippen LogP contribution in [0.25, 0.3) is 10.9 Å². The van der Waals surface area contributed by atoms with Crippen LogP contribution in [0.5, 0.6) is 0 Å². The first kappa shape index (κ1) is 13.6. The third-order valence-electron chi connectivity index (χ3n) is 4.25. The molecule has 1 atom stereocenters. The fourth-order valence-corrected chi connectivity index (χ4v) is 3.05. The summed E-state index contributed by atoms with van der Waals surface area (Å²) in [5.41, 5.74) is 2.17. The fourth-order valence-electron chi connectivity index (χ4n) is 3.05. The van der Waals surface area contributed by atoms with Crippen molar-refractivity contribution < 1.29 is 9.84 Å². The summed E-state index contributed by atoms with van der Waals surface area (Å²) in [6, 6.07) is 8.26. The van der Waals surface area contributed by atoms with Crippen LogP contribution >= 0.6 is 0 Å². The molecule has 0 saturated carbocycles. The molecule has 0 radical (unpaired) electrons. The minimum absolute atomic E-state index is 0.317. The molecule has 0 bridgehead atoms. The molecule has 1 N–H and O–H groups in total. The predicted octanol–water partition coefficient (Wildman–Crippen LogP) is 2.39. The van der Waals surface area contributed by atoms with Crippen LogP contribution in [0.2, 0.25) is 0 Å². The summed E-state index contributed by atoms with van der Waals surface area (Å²) in [6.45, 7) is 4.49. The normalized spacial score (nSPS) is 18.5. The number of hydrogen-bond donors (Lipinski definition) is 1. The Bertz CT molecular complexity index is 573. The van der Waals surface area contributed by atoms with Crippen molar-refractivity contribution >= 4 is 10.9 Å². The summed E-state index contributed by atoms with van der Waals surface area (Å²) in [7, 11) is 0. The molecule has 1 aromatic heterocycles. The summed E-state index contributed by atoms with van der Waals surface area (Å²) in [5.74, 6) is 0.342. The number of rotatable bonds is 4. The van der Waals surface area contributed by atoms with Gasteiger partial charge in [-0.05, 0) is 31.7 Å². The van der Waals surface area contributed by atoms with Crippen LogP contribution in [0.15, 0.2) is 24.3 Å². The molecule has 0 aliphatic carbocycles. The Labute approximate surface area is 119 Å². The second-order valence-corrected chi connectivity index (χ2v) is 5.50. The second kappa shape index (κ2) is 5.94. The summed E-state index contributed by atoms with van der Waals surface area (Å²) in [4.78, 5) is 0. The minimum Gasteiger partial charge on any atom is -0.392 e. The molecule has 1 aliphatic heterocycles. The summed E-state index contributed by atoms with van der Waals surface area (Å²) in [6.07, 6.45) is 2.22. The molecule has 2 aromatic rings. The van der Waals surface area contributed by atoms with Crippen molar-refractivity contribution in [2.45, 2.75) is 38.8 Å². The van der Waals surface area contributed by atoms with Gasteiger partial charge in [-0.25, -0.2) is 0 Å². The molecule has 3 rings (SSSR count). The SMILES string of the molecule is CCn1nc(CC(O)C2CCOCC2)c2ccccc21. The molecule has 1 aromatic carbocycles. The van der Waals surface area contributed by atoms with E-state index in [2.05, 4.69) is 24.2 Å². The van der Waals surface area contributed by atoms with Crippen molar-refractivity contribution in [3.63, 3.8) is 0 Å². The van der Waals surface area contributed by atoms with Gasteiger partial charge in [0.05, 0.1) is 17.3 Å². The topological polar surface area (TPSA) is 47.3 Å². The lowest BCUT2D eigenvalue weighted by Crippen LogP contribution is -2.29. The number of nitrogens with zero attached hydrogens (tertiary/aromatic N) is 2. The number of aliphatic hydroxyl groups is 1. The Hall–Kier alpha value is -1.39. The van der Waals surface area contributed by atoms with Crippen molar-refractivity contribution in [2.75, 3.05) is 13.2 Å². The molecule has 20 heavy (non-hydrogen) atoms. The van der Waals surface area contributed by atoms with Gasteiger partial charge in [-0.3, -0.25) is 4.68 Å². The van der Waals surface area contributed by atoms with Crippen LogP contribution in [-0.2, 0) is 17.7 Å². The van der Waals surface area contributed by atoms with Crippen molar-refractivity contribution in [2.24, 2.45) is 5.92 Å². The average Bonchev–Trinajstić information content (AvgIpc) is 2.86. The molecule has 2 heterocycles. The third kappa shape index (κ3) is 2.58. The van der Waals surface area contributed by atoms with E-state index in [1.165, 1.54) is 5.39 Å². The number of aliphatic hydroxyl groups excluding tert-OH is 1. The lowest BCUT2D eigenvalue weighted by molar-refractivity contribution is 0.00812. The number of aromatic nitrogens is 2. The molecular weight excluding hydrogens is 252 g/mol. The molecule has 1 aliphatic rings. The molecule has 4 nitrogen and oxygen atoms in total. The molecule has 1 unspecified atom stereocenters. The zero-order valence-corrected chi connectivity index (χ0v) is 12.0. The van der Waals surface area contributed by atoms with Gasteiger partial charge >= 0.3 is 0 Å². The van der Waals surface area contributed by atoms with Gasteiger partial charge in [-0.15, -0.1) is 0 Å². The molecule has 108 valence electrons. The molecule has 0 spiro atoms. The summed E-state index contributed by atoms with van der Waals surface area (Å²) in [5, 5.41) is 16.3. The van der Waals surface area contributed by atoms with Gasteiger partial charge in [0, 0.05) is 31.6 Å². The highest BCUT2D eigenvalue weighted by atomic mass is 16.5. The van der Waals surface area contributed by atoms with Gasteiger partial charge in [-0.2, -0.15) is 5.10 Å². The first-order valence-corrected chi connectivity index (χ1v) is 7.50. The molecule has 0 amide bonds. The van der Waals surface area contributed by atoms with Gasteiger partial charge < -0.3 is 9.84 Å². The Balaban J connectivity index is 1.83. The zero-order valence-electron chi connectivity index (χ0n) is 12.0. The third-order valence-corrected chi connectivity index (χ3v) is 4.25.